The fourth-order valence-electron chi connectivity index (χ4n) is 1.41. The molecule has 0 aliphatic carbocycles. The SMILES string of the molecule is OC(c1ccc(F)cn1)c1ccccc1Cl. The lowest BCUT2D eigenvalue weighted by molar-refractivity contribution is 0.215. The highest BCUT2D eigenvalue weighted by molar-refractivity contribution is 6.31. The average molecular weight is 238 g/mol. The Kier molecular flexibility index (Phi) is 3.17. The molecule has 0 bridgehead atoms. The lowest BCUT2D eigenvalue weighted by Crippen LogP contribution is -2.02. The molecule has 1 N–H and O–H groups in total. The van der Waals surface area contributed by atoms with Gasteiger partial charge in [0.1, 0.15) is 11.9 Å². The summed E-state index contributed by atoms with van der Waals surface area (Å²) < 4.78 is 12.7. The molecule has 4 heteroatoms. The highest BCUT2D eigenvalue weighted by atomic mass is 35.5. The Labute approximate surface area is 97.3 Å². The molecular weight excluding hydrogens is 229 g/mol. The highest BCUT2D eigenvalue weighted by Gasteiger charge is 2.14. The van der Waals surface area contributed by atoms with Gasteiger partial charge >= 0.3 is 0 Å². The topological polar surface area (TPSA) is 33.1 Å². The Morgan fingerprint density at radius 3 is 2.56 bits per heavy atom. The second kappa shape index (κ2) is 4.60. The number of halogens is 2. The molecule has 1 aromatic carbocycles. The number of aliphatic hydroxyl groups excluding tert-OH is 1. The van der Waals surface area contributed by atoms with Crippen molar-refractivity contribution < 1.29 is 9.50 Å². The van der Waals surface area contributed by atoms with Crippen LogP contribution in [-0.2, 0) is 0 Å². The van der Waals surface area contributed by atoms with Crippen LogP contribution in [-0.4, -0.2) is 10.1 Å². The Hall–Kier alpha value is -1.45. The van der Waals surface area contributed by atoms with Crippen LogP contribution in [0.25, 0.3) is 0 Å². The van der Waals surface area contributed by atoms with E-state index in [0.29, 0.717) is 16.3 Å². The second-order valence-electron chi connectivity index (χ2n) is 3.33. The molecule has 0 aliphatic heterocycles. The Bertz CT molecular complexity index is 487. The first-order valence-electron chi connectivity index (χ1n) is 4.72. The Morgan fingerprint density at radius 1 is 1.19 bits per heavy atom. The number of aromatic nitrogens is 1. The number of pyridine rings is 1. The maximum atomic E-state index is 12.7. The summed E-state index contributed by atoms with van der Waals surface area (Å²) in [7, 11) is 0. The molecule has 0 saturated carbocycles. The van der Waals surface area contributed by atoms with E-state index in [1.54, 1.807) is 24.3 Å². The van der Waals surface area contributed by atoms with Gasteiger partial charge in [-0.25, -0.2) is 4.39 Å². The van der Waals surface area contributed by atoms with Crippen molar-refractivity contribution in [2.24, 2.45) is 0 Å². The Balaban J connectivity index is 2.35. The third-order valence-electron chi connectivity index (χ3n) is 2.23. The zero-order valence-electron chi connectivity index (χ0n) is 8.27. The van der Waals surface area contributed by atoms with Crippen LogP contribution in [0.2, 0.25) is 5.02 Å². The summed E-state index contributed by atoms with van der Waals surface area (Å²) in [6.07, 6.45) is 0.129. The van der Waals surface area contributed by atoms with E-state index in [-0.39, 0.29) is 0 Å². The predicted molar refractivity (Wildman–Crippen MR) is 59.7 cm³/mol. The van der Waals surface area contributed by atoms with Crippen molar-refractivity contribution in [3.8, 4) is 0 Å². The van der Waals surface area contributed by atoms with Crippen molar-refractivity contribution >= 4 is 11.6 Å². The lowest BCUT2D eigenvalue weighted by Gasteiger charge is -2.11. The maximum Gasteiger partial charge on any atom is 0.141 e. The summed E-state index contributed by atoms with van der Waals surface area (Å²) in [4.78, 5) is 3.81. The predicted octanol–water partition coefficient (Wildman–Crippen LogP) is 2.96. The van der Waals surface area contributed by atoms with E-state index in [2.05, 4.69) is 4.98 Å². The van der Waals surface area contributed by atoms with E-state index < -0.39 is 11.9 Å². The van der Waals surface area contributed by atoms with Crippen molar-refractivity contribution in [3.05, 3.63) is 64.7 Å². The summed E-state index contributed by atoms with van der Waals surface area (Å²) in [6.45, 7) is 0. The molecule has 2 rings (SSSR count). The molecule has 82 valence electrons. The molecule has 0 spiro atoms. The summed E-state index contributed by atoms with van der Waals surface area (Å²) in [6, 6.07) is 9.62. The highest BCUT2D eigenvalue weighted by Crippen LogP contribution is 2.26. The number of benzene rings is 1. The van der Waals surface area contributed by atoms with Gasteiger partial charge in [-0.15, -0.1) is 0 Å². The summed E-state index contributed by atoms with van der Waals surface area (Å²) >= 11 is 5.94. The molecule has 0 radical (unpaired) electrons. The van der Waals surface area contributed by atoms with E-state index in [9.17, 15) is 9.50 Å². The molecule has 1 aromatic heterocycles. The van der Waals surface area contributed by atoms with Crippen molar-refractivity contribution in [1.82, 2.24) is 4.98 Å². The quantitative estimate of drug-likeness (QED) is 0.871. The molecule has 0 saturated heterocycles. The first-order chi connectivity index (χ1) is 7.68. The molecule has 2 nitrogen and oxygen atoms in total. The first-order valence-corrected chi connectivity index (χ1v) is 5.10. The summed E-state index contributed by atoms with van der Waals surface area (Å²) in [5.74, 6) is -0.435. The standard InChI is InChI=1S/C12H9ClFNO/c13-10-4-2-1-3-9(10)12(16)11-6-5-8(14)7-15-11/h1-7,12,16H. The van der Waals surface area contributed by atoms with Crippen molar-refractivity contribution in [3.63, 3.8) is 0 Å². The van der Waals surface area contributed by atoms with Crippen LogP contribution in [0.5, 0.6) is 0 Å². The molecule has 2 aromatic rings. The van der Waals surface area contributed by atoms with Gasteiger partial charge in [-0.05, 0) is 18.2 Å². The summed E-state index contributed by atoms with van der Waals surface area (Å²) in [5.41, 5.74) is 0.928. The minimum Gasteiger partial charge on any atom is -0.382 e. The average Bonchev–Trinajstić information content (AvgIpc) is 2.30. The van der Waals surface area contributed by atoms with E-state index >= 15 is 0 Å². The fraction of sp³-hybridized carbons (Fsp3) is 0.0833. The van der Waals surface area contributed by atoms with E-state index in [1.807, 2.05) is 0 Å². The van der Waals surface area contributed by atoms with Crippen LogP contribution in [0, 0.1) is 5.82 Å². The van der Waals surface area contributed by atoms with Crippen LogP contribution in [0.3, 0.4) is 0 Å². The largest absolute Gasteiger partial charge is 0.382 e. The van der Waals surface area contributed by atoms with E-state index in [0.717, 1.165) is 6.20 Å². The zero-order chi connectivity index (χ0) is 11.5. The van der Waals surface area contributed by atoms with Crippen LogP contribution in [0.1, 0.15) is 17.4 Å². The number of hydrogen-bond acceptors (Lipinski definition) is 2. The minimum atomic E-state index is -0.936. The van der Waals surface area contributed by atoms with E-state index in [1.165, 1.54) is 12.1 Å². The monoisotopic (exact) mass is 237 g/mol. The molecular formula is C12H9ClFNO. The van der Waals surface area contributed by atoms with Crippen LogP contribution < -0.4 is 0 Å². The van der Waals surface area contributed by atoms with Gasteiger partial charge in [0.15, 0.2) is 0 Å². The maximum absolute atomic E-state index is 12.7. The van der Waals surface area contributed by atoms with Gasteiger partial charge in [0.05, 0.1) is 11.9 Å². The number of nitrogens with zero attached hydrogens (tertiary/aromatic N) is 1. The first kappa shape index (κ1) is 11.0. The normalized spacial score (nSPS) is 12.4. The molecule has 1 heterocycles. The molecule has 1 atom stereocenters. The molecule has 0 fully saturated rings. The smallest absolute Gasteiger partial charge is 0.141 e. The van der Waals surface area contributed by atoms with Gasteiger partial charge in [-0.1, -0.05) is 29.8 Å². The third-order valence-corrected chi connectivity index (χ3v) is 2.57. The van der Waals surface area contributed by atoms with Crippen molar-refractivity contribution in [1.29, 1.82) is 0 Å². The lowest BCUT2D eigenvalue weighted by atomic mass is 10.1. The van der Waals surface area contributed by atoms with Gasteiger partial charge in [0.2, 0.25) is 0 Å². The van der Waals surface area contributed by atoms with Crippen LogP contribution in [0.4, 0.5) is 4.39 Å². The second-order valence-corrected chi connectivity index (χ2v) is 3.73. The minimum absolute atomic E-state index is 0.370. The zero-order valence-corrected chi connectivity index (χ0v) is 9.03. The van der Waals surface area contributed by atoms with Gasteiger partial charge < -0.3 is 5.11 Å². The molecule has 16 heavy (non-hydrogen) atoms. The Morgan fingerprint density at radius 2 is 1.94 bits per heavy atom. The third kappa shape index (κ3) is 2.21. The van der Waals surface area contributed by atoms with Gasteiger partial charge in [-0.2, -0.15) is 0 Å². The van der Waals surface area contributed by atoms with E-state index in [4.69, 9.17) is 11.6 Å². The van der Waals surface area contributed by atoms with Crippen LogP contribution in [0.15, 0.2) is 42.6 Å². The van der Waals surface area contributed by atoms with Crippen molar-refractivity contribution in [2.75, 3.05) is 0 Å². The van der Waals surface area contributed by atoms with Gasteiger partial charge in [0.25, 0.3) is 0 Å². The molecule has 1 unspecified atom stereocenters. The number of rotatable bonds is 2. The van der Waals surface area contributed by atoms with Crippen LogP contribution >= 0.6 is 11.6 Å². The molecule has 0 aliphatic rings. The number of hydrogen-bond donors (Lipinski definition) is 1. The fourth-order valence-corrected chi connectivity index (χ4v) is 1.64. The summed E-state index contributed by atoms with van der Waals surface area (Å²) in [5, 5.41) is 10.5. The van der Waals surface area contributed by atoms with Crippen molar-refractivity contribution in [2.45, 2.75) is 6.10 Å². The molecule has 0 amide bonds. The number of aliphatic hydroxyl groups is 1. The van der Waals surface area contributed by atoms with Gasteiger partial charge in [0, 0.05) is 10.6 Å². The van der Waals surface area contributed by atoms with Gasteiger partial charge in [-0.3, -0.25) is 4.98 Å².